The van der Waals surface area contributed by atoms with Crippen molar-refractivity contribution in [2.24, 2.45) is 5.92 Å². The summed E-state index contributed by atoms with van der Waals surface area (Å²) in [6, 6.07) is 14.2. The van der Waals surface area contributed by atoms with Crippen molar-refractivity contribution >= 4 is 29.1 Å². The van der Waals surface area contributed by atoms with Crippen LogP contribution in [-0.2, 0) is 0 Å². The van der Waals surface area contributed by atoms with E-state index in [1.165, 1.54) is 5.39 Å². The average Bonchev–Trinajstić information content (AvgIpc) is 2.59. The Morgan fingerprint density at radius 1 is 1.13 bits per heavy atom. The van der Waals surface area contributed by atoms with Gasteiger partial charge in [0.25, 0.3) is 5.91 Å². The predicted molar refractivity (Wildman–Crippen MR) is 98.4 cm³/mol. The molecule has 1 saturated heterocycles. The monoisotopic (exact) mass is 332 g/mol. The Balaban J connectivity index is 0.00000192. The SMILES string of the molecule is CCNCC1CCN(C(=O)c2ccc3ccccc3c2)CC1.Cl. The Bertz CT molecular complexity index is 651. The number of amides is 1. The van der Waals surface area contributed by atoms with Crippen molar-refractivity contribution in [2.45, 2.75) is 19.8 Å². The highest BCUT2D eigenvalue weighted by atomic mass is 35.5. The molecule has 0 bridgehead atoms. The Kier molecular flexibility index (Phi) is 6.43. The second-order valence-corrected chi connectivity index (χ2v) is 6.11. The molecule has 0 spiro atoms. The molecule has 1 aliphatic rings. The maximum Gasteiger partial charge on any atom is 0.253 e. The van der Waals surface area contributed by atoms with E-state index in [0.29, 0.717) is 5.92 Å². The van der Waals surface area contributed by atoms with Crippen molar-refractivity contribution < 1.29 is 4.79 Å². The first kappa shape index (κ1) is 17.8. The van der Waals surface area contributed by atoms with Gasteiger partial charge in [-0.15, -0.1) is 12.4 Å². The Labute approximate surface area is 144 Å². The molecule has 1 fully saturated rings. The molecular weight excluding hydrogens is 308 g/mol. The van der Waals surface area contributed by atoms with Crippen LogP contribution in [0.5, 0.6) is 0 Å². The van der Waals surface area contributed by atoms with Crippen LogP contribution in [0.15, 0.2) is 42.5 Å². The molecule has 1 aliphatic heterocycles. The number of likely N-dealkylation sites (tertiary alicyclic amines) is 1. The van der Waals surface area contributed by atoms with Crippen LogP contribution >= 0.6 is 12.4 Å². The van der Waals surface area contributed by atoms with E-state index in [9.17, 15) is 4.79 Å². The van der Waals surface area contributed by atoms with E-state index in [0.717, 1.165) is 50.0 Å². The van der Waals surface area contributed by atoms with Crippen LogP contribution in [0.3, 0.4) is 0 Å². The lowest BCUT2D eigenvalue weighted by Crippen LogP contribution is -2.40. The number of piperidine rings is 1. The minimum Gasteiger partial charge on any atom is -0.339 e. The van der Waals surface area contributed by atoms with Crippen molar-refractivity contribution in [1.29, 1.82) is 0 Å². The largest absolute Gasteiger partial charge is 0.339 e. The summed E-state index contributed by atoms with van der Waals surface area (Å²) >= 11 is 0. The first-order valence-electron chi connectivity index (χ1n) is 8.26. The topological polar surface area (TPSA) is 32.3 Å². The maximum atomic E-state index is 12.7. The molecule has 23 heavy (non-hydrogen) atoms. The molecule has 0 atom stereocenters. The summed E-state index contributed by atoms with van der Waals surface area (Å²) in [7, 11) is 0. The number of carbonyl (C=O) groups is 1. The Morgan fingerprint density at radius 3 is 2.52 bits per heavy atom. The third kappa shape index (κ3) is 4.24. The summed E-state index contributed by atoms with van der Waals surface area (Å²) < 4.78 is 0. The quantitative estimate of drug-likeness (QED) is 0.925. The maximum absolute atomic E-state index is 12.7. The molecule has 1 heterocycles. The van der Waals surface area contributed by atoms with Gasteiger partial charge in [0.05, 0.1) is 0 Å². The number of nitrogens with zero attached hydrogens (tertiary/aromatic N) is 1. The second kappa shape index (κ2) is 8.32. The van der Waals surface area contributed by atoms with E-state index in [1.807, 2.05) is 35.2 Å². The zero-order valence-electron chi connectivity index (χ0n) is 13.6. The molecule has 0 unspecified atom stereocenters. The van der Waals surface area contributed by atoms with Crippen LogP contribution in [0.1, 0.15) is 30.1 Å². The summed E-state index contributed by atoms with van der Waals surface area (Å²) in [6.07, 6.45) is 2.21. The molecule has 4 heteroatoms. The van der Waals surface area contributed by atoms with E-state index in [-0.39, 0.29) is 18.3 Å². The fourth-order valence-electron chi connectivity index (χ4n) is 3.19. The fourth-order valence-corrected chi connectivity index (χ4v) is 3.19. The van der Waals surface area contributed by atoms with E-state index >= 15 is 0 Å². The van der Waals surface area contributed by atoms with Crippen molar-refractivity contribution in [3.63, 3.8) is 0 Å². The normalized spacial score (nSPS) is 15.4. The average molecular weight is 333 g/mol. The van der Waals surface area contributed by atoms with E-state index < -0.39 is 0 Å². The van der Waals surface area contributed by atoms with Crippen LogP contribution < -0.4 is 5.32 Å². The second-order valence-electron chi connectivity index (χ2n) is 6.11. The van der Waals surface area contributed by atoms with Gasteiger partial charge >= 0.3 is 0 Å². The van der Waals surface area contributed by atoms with Gasteiger partial charge in [-0.25, -0.2) is 0 Å². The number of carbonyl (C=O) groups excluding carboxylic acids is 1. The van der Waals surface area contributed by atoms with Crippen molar-refractivity contribution in [3.05, 3.63) is 48.0 Å². The molecule has 3 nitrogen and oxygen atoms in total. The van der Waals surface area contributed by atoms with Gasteiger partial charge in [0.15, 0.2) is 0 Å². The Hall–Kier alpha value is -1.58. The van der Waals surface area contributed by atoms with Crippen LogP contribution in [0.2, 0.25) is 0 Å². The number of nitrogens with one attached hydrogen (secondary N) is 1. The molecule has 3 rings (SSSR count). The van der Waals surface area contributed by atoms with Crippen LogP contribution in [0, 0.1) is 5.92 Å². The highest BCUT2D eigenvalue weighted by Gasteiger charge is 2.23. The molecule has 1 N–H and O–H groups in total. The summed E-state index contributed by atoms with van der Waals surface area (Å²) in [5.41, 5.74) is 0.809. The van der Waals surface area contributed by atoms with Gasteiger partial charge in [-0.3, -0.25) is 4.79 Å². The van der Waals surface area contributed by atoms with Crippen molar-refractivity contribution in [2.75, 3.05) is 26.2 Å². The summed E-state index contributed by atoms with van der Waals surface area (Å²) in [5.74, 6) is 0.883. The van der Waals surface area contributed by atoms with Gasteiger partial charge in [0.1, 0.15) is 0 Å². The van der Waals surface area contributed by atoms with Crippen molar-refractivity contribution in [1.82, 2.24) is 10.2 Å². The summed E-state index contributed by atoms with van der Waals surface area (Å²) in [6.45, 7) is 5.99. The molecular formula is C19H25ClN2O. The fraction of sp³-hybridized carbons (Fsp3) is 0.421. The van der Waals surface area contributed by atoms with Crippen LogP contribution in [-0.4, -0.2) is 37.0 Å². The minimum atomic E-state index is 0. The summed E-state index contributed by atoms with van der Waals surface area (Å²) in [4.78, 5) is 14.7. The third-order valence-corrected chi connectivity index (χ3v) is 4.58. The standard InChI is InChI=1S/C19H24N2O.ClH/c1-2-20-14-15-9-11-21(12-10-15)19(22)18-8-7-16-5-3-4-6-17(16)13-18;/h3-8,13,15,20H,2,9-12,14H2,1H3;1H. The number of benzene rings is 2. The lowest BCUT2D eigenvalue weighted by Gasteiger charge is -2.32. The number of hydrogen-bond donors (Lipinski definition) is 1. The van der Waals surface area contributed by atoms with Crippen molar-refractivity contribution in [3.8, 4) is 0 Å². The van der Waals surface area contributed by atoms with Gasteiger partial charge in [0.2, 0.25) is 0 Å². The number of rotatable bonds is 4. The Morgan fingerprint density at radius 2 is 1.83 bits per heavy atom. The van der Waals surface area contributed by atoms with Gasteiger partial charge in [-0.1, -0.05) is 37.3 Å². The summed E-state index contributed by atoms with van der Waals surface area (Å²) in [5, 5.41) is 5.73. The van der Waals surface area contributed by atoms with E-state index in [4.69, 9.17) is 0 Å². The molecule has 1 amide bonds. The molecule has 0 aliphatic carbocycles. The molecule has 0 radical (unpaired) electrons. The van der Waals surface area contributed by atoms with Gasteiger partial charge in [0, 0.05) is 18.7 Å². The van der Waals surface area contributed by atoms with E-state index in [1.54, 1.807) is 0 Å². The van der Waals surface area contributed by atoms with Gasteiger partial charge < -0.3 is 10.2 Å². The first-order chi connectivity index (χ1) is 10.8. The molecule has 2 aromatic carbocycles. The van der Waals surface area contributed by atoms with E-state index in [2.05, 4.69) is 24.4 Å². The number of fused-ring (bicyclic) bond motifs is 1. The van der Waals surface area contributed by atoms with Crippen LogP contribution in [0.4, 0.5) is 0 Å². The molecule has 0 saturated carbocycles. The zero-order chi connectivity index (χ0) is 15.4. The van der Waals surface area contributed by atoms with Crippen LogP contribution in [0.25, 0.3) is 10.8 Å². The molecule has 0 aromatic heterocycles. The number of halogens is 1. The third-order valence-electron chi connectivity index (χ3n) is 4.58. The molecule has 124 valence electrons. The van der Waals surface area contributed by atoms with Gasteiger partial charge in [-0.2, -0.15) is 0 Å². The number of hydrogen-bond acceptors (Lipinski definition) is 2. The minimum absolute atomic E-state index is 0. The highest BCUT2D eigenvalue weighted by molar-refractivity contribution is 5.98. The van der Waals surface area contributed by atoms with Gasteiger partial charge in [-0.05, 0) is 54.8 Å². The highest BCUT2D eigenvalue weighted by Crippen LogP contribution is 2.21. The lowest BCUT2D eigenvalue weighted by molar-refractivity contribution is 0.0690. The zero-order valence-corrected chi connectivity index (χ0v) is 14.4. The predicted octanol–water partition coefficient (Wildman–Crippen LogP) is 3.72. The smallest absolute Gasteiger partial charge is 0.253 e. The first-order valence-corrected chi connectivity index (χ1v) is 8.26. The lowest BCUT2D eigenvalue weighted by atomic mass is 9.96. The molecule has 2 aromatic rings.